The number of aryl methyl sites for hydroxylation is 2. The van der Waals surface area contributed by atoms with Gasteiger partial charge in [0.05, 0.1) is 17.8 Å². The summed E-state index contributed by atoms with van der Waals surface area (Å²) in [7, 11) is 3.96. The summed E-state index contributed by atoms with van der Waals surface area (Å²) in [6.45, 7) is 10.2. The quantitative estimate of drug-likeness (QED) is 0.735. The van der Waals surface area contributed by atoms with Crippen LogP contribution in [0.4, 0.5) is 5.82 Å². The average molecular weight is 268 g/mol. The molecule has 1 heterocycles. The monoisotopic (exact) mass is 268 g/mol. The molecule has 0 aliphatic heterocycles. The molecule has 0 saturated heterocycles. The lowest BCUT2D eigenvalue weighted by Crippen LogP contribution is -2.45. The summed E-state index contributed by atoms with van der Waals surface area (Å²) in [4.78, 5) is 2.11. The molecule has 1 aromatic rings. The summed E-state index contributed by atoms with van der Waals surface area (Å²) in [5, 5.41) is 17.5. The Balaban J connectivity index is 3.05. The SMILES string of the molecule is CCCNCc1c(C)nn(C)c1N(C)C(C)(C)CO. The smallest absolute Gasteiger partial charge is 0.131 e. The molecule has 0 aromatic carbocycles. The molecule has 0 fully saturated rings. The van der Waals surface area contributed by atoms with Crippen molar-refractivity contribution >= 4 is 5.82 Å². The van der Waals surface area contributed by atoms with Gasteiger partial charge in [-0.15, -0.1) is 0 Å². The molecule has 5 heteroatoms. The van der Waals surface area contributed by atoms with E-state index >= 15 is 0 Å². The summed E-state index contributed by atoms with van der Waals surface area (Å²) in [5.74, 6) is 1.07. The van der Waals surface area contributed by atoms with Crippen molar-refractivity contribution in [2.45, 2.75) is 46.2 Å². The number of hydrogen-bond donors (Lipinski definition) is 2. The Hall–Kier alpha value is -1.07. The fourth-order valence-electron chi connectivity index (χ4n) is 2.10. The number of aliphatic hydroxyl groups is 1. The number of likely N-dealkylation sites (N-methyl/N-ethyl adjacent to an activating group) is 1. The summed E-state index contributed by atoms with van der Waals surface area (Å²) in [5.41, 5.74) is 1.95. The minimum Gasteiger partial charge on any atom is -0.394 e. The molecular weight excluding hydrogens is 240 g/mol. The highest BCUT2D eigenvalue weighted by Crippen LogP contribution is 2.27. The molecule has 0 unspecified atom stereocenters. The van der Waals surface area contributed by atoms with E-state index in [0.717, 1.165) is 31.0 Å². The van der Waals surface area contributed by atoms with Crippen molar-refractivity contribution in [1.82, 2.24) is 15.1 Å². The third kappa shape index (κ3) is 3.48. The van der Waals surface area contributed by atoms with E-state index in [1.54, 1.807) is 0 Å². The van der Waals surface area contributed by atoms with Crippen molar-refractivity contribution in [3.63, 3.8) is 0 Å². The van der Waals surface area contributed by atoms with E-state index in [9.17, 15) is 5.11 Å². The van der Waals surface area contributed by atoms with Crippen LogP contribution in [0.15, 0.2) is 0 Å². The number of anilines is 1. The van der Waals surface area contributed by atoms with Crippen LogP contribution in [-0.2, 0) is 13.6 Å². The molecule has 0 bridgehead atoms. The topological polar surface area (TPSA) is 53.3 Å². The Kier molecular flexibility index (Phi) is 5.38. The first-order chi connectivity index (χ1) is 8.85. The first-order valence-corrected chi connectivity index (χ1v) is 6.93. The van der Waals surface area contributed by atoms with Crippen LogP contribution in [0.5, 0.6) is 0 Å². The Bertz CT molecular complexity index is 412. The molecule has 0 saturated carbocycles. The highest BCUT2D eigenvalue weighted by Gasteiger charge is 2.28. The largest absolute Gasteiger partial charge is 0.394 e. The van der Waals surface area contributed by atoms with Gasteiger partial charge in [0.25, 0.3) is 0 Å². The molecule has 0 amide bonds. The molecule has 0 radical (unpaired) electrons. The van der Waals surface area contributed by atoms with Gasteiger partial charge in [-0.25, -0.2) is 0 Å². The maximum Gasteiger partial charge on any atom is 0.131 e. The van der Waals surface area contributed by atoms with Gasteiger partial charge < -0.3 is 15.3 Å². The van der Waals surface area contributed by atoms with Gasteiger partial charge in [-0.3, -0.25) is 4.68 Å². The minimum absolute atomic E-state index is 0.107. The van der Waals surface area contributed by atoms with Crippen molar-refractivity contribution in [3.05, 3.63) is 11.3 Å². The van der Waals surface area contributed by atoms with Crippen molar-refractivity contribution in [1.29, 1.82) is 0 Å². The molecule has 0 spiro atoms. The highest BCUT2D eigenvalue weighted by atomic mass is 16.3. The lowest BCUT2D eigenvalue weighted by Gasteiger charge is -2.36. The molecule has 19 heavy (non-hydrogen) atoms. The Morgan fingerprint density at radius 2 is 2.05 bits per heavy atom. The van der Waals surface area contributed by atoms with Gasteiger partial charge in [-0.2, -0.15) is 5.10 Å². The predicted molar refractivity (Wildman–Crippen MR) is 79.5 cm³/mol. The molecule has 0 aliphatic carbocycles. The van der Waals surface area contributed by atoms with Crippen LogP contribution in [-0.4, -0.2) is 40.6 Å². The standard InChI is InChI=1S/C14H28N4O/c1-7-8-15-9-12-11(2)16-18(6)13(12)17(5)14(3,4)10-19/h15,19H,7-10H2,1-6H3. The van der Waals surface area contributed by atoms with Gasteiger partial charge >= 0.3 is 0 Å². The number of aromatic nitrogens is 2. The highest BCUT2D eigenvalue weighted by molar-refractivity contribution is 5.51. The number of nitrogens with one attached hydrogen (secondary N) is 1. The zero-order valence-electron chi connectivity index (χ0n) is 13.1. The van der Waals surface area contributed by atoms with Gasteiger partial charge in [-0.1, -0.05) is 6.92 Å². The molecule has 0 atom stereocenters. The van der Waals surface area contributed by atoms with Crippen LogP contribution in [0.3, 0.4) is 0 Å². The number of aliphatic hydroxyl groups excluding tert-OH is 1. The van der Waals surface area contributed by atoms with Crippen molar-refractivity contribution in [2.24, 2.45) is 7.05 Å². The van der Waals surface area contributed by atoms with Gasteiger partial charge in [0.15, 0.2) is 0 Å². The van der Waals surface area contributed by atoms with Gasteiger partial charge in [0, 0.05) is 26.2 Å². The van der Waals surface area contributed by atoms with E-state index in [-0.39, 0.29) is 12.1 Å². The van der Waals surface area contributed by atoms with Gasteiger partial charge in [0.2, 0.25) is 0 Å². The van der Waals surface area contributed by atoms with Crippen LogP contribution >= 0.6 is 0 Å². The Morgan fingerprint density at radius 1 is 1.42 bits per heavy atom. The van der Waals surface area contributed by atoms with E-state index in [1.807, 2.05) is 39.5 Å². The molecule has 1 aromatic heterocycles. The Labute approximate surface area is 116 Å². The zero-order valence-corrected chi connectivity index (χ0v) is 13.1. The van der Waals surface area contributed by atoms with E-state index in [0.29, 0.717) is 0 Å². The fourth-order valence-corrected chi connectivity index (χ4v) is 2.10. The second kappa shape index (κ2) is 6.39. The molecule has 5 nitrogen and oxygen atoms in total. The van der Waals surface area contributed by atoms with Gasteiger partial charge in [-0.05, 0) is 33.7 Å². The van der Waals surface area contributed by atoms with Crippen LogP contribution in [0.2, 0.25) is 0 Å². The van der Waals surface area contributed by atoms with Crippen molar-refractivity contribution in [3.8, 4) is 0 Å². The number of rotatable bonds is 7. The maximum atomic E-state index is 9.54. The molecule has 110 valence electrons. The molecular formula is C14H28N4O. The summed E-state index contributed by atoms with van der Waals surface area (Å²) < 4.78 is 1.90. The van der Waals surface area contributed by atoms with Gasteiger partial charge in [0.1, 0.15) is 5.82 Å². The first-order valence-electron chi connectivity index (χ1n) is 6.93. The lowest BCUT2D eigenvalue weighted by atomic mass is 10.0. The molecule has 1 rings (SSSR count). The van der Waals surface area contributed by atoms with Crippen LogP contribution in [0.25, 0.3) is 0 Å². The van der Waals surface area contributed by atoms with E-state index in [2.05, 4.69) is 22.2 Å². The maximum absolute atomic E-state index is 9.54. The molecule has 2 N–H and O–H groups in total. The van der Waals surface area contributed by atoms with E-state index < -0.39 is 0 Å². The minimum atomic E-state index is -0.306. The summed E-state index contributed by atoms with van der Waals surface area (Å²) in [6, 6.07) is 0. The molecule has 0 aliphatic rings. The second-order valence-corrected chi connectivity index (χ2v) is 5.72. The number of hydrogen-bond acceptors (Lipinski definition) is 4. The number of nitrogens with zero attached hydrogens (tertiary/aromatic N) is 3. The van der Waals surface area contributed by atoms with Crippen LogP contribution < -0.4 is 10.2 Å². The predicted octanol–water partition coefficient (Wildman–Crippen LogP) is 1.44. The van der Waals surface area contributed by atoms with Crippen LogP contribution in [0.1, 0.15) is 38.4 Å². The fraction of sp³-hybridized carbons (Fsp3) is 0.786. The first kappa shape index (κ1) is 16.0. The third-order valence-corrected chi connectivity index (χ3v) is 3.65. The third-order valence-electron chi connectivity index (χ3n) is 3.65. The zero-order chi connectivity index (χ0) is 14.6. The lowest BCUT2D eigenvalue weighted by molar-refractivity contribution is 0.215. The average Bonchev–Trinajstić information content (AvgIpc) is 2.63. The Morgan fingerprint density at radius 3 is 2.58 bits per heavy atom. The summed E-state index contributed by atoms with van der Waals surface area (Å²) in [6.07, 6.45) is 1.12. The van der Waals surface area contributed by atoms with Crippen molar-refractivity contribution in [2.75, 3.05) is 25.1 Å². The van der Waals surface area contributed by atoms with E-state index in [1.165, 1.54) is 5.56 Å². The second-order valence-electron chi connectivity index (χ2n) is 5.72. The van der Waals surface area contributed by atoms with Crippen LogP contribution in [0, 0.1) is 6.92 Å². The summed E-state index contributed by atoms with van der Waals surface area (Å²) >= 11 is 0. The van der Waals surface area contributed by atoms with Crippen molar-refractivity contribution < 1.29 is 5.11 Å². The normalized spacial score (nSPS) is 11.9. The van der Waals surface area contributed by atoms with E-state index in [4.69, 9.17) is 0 Å².